The van der Waals surface area contributed by atoms with E-state index in [1.54, 1.807) is 0 Å². The smallest absolute Gasteiger partial charge is 0.0955 e. The van der Waals surface area contributed by atoms with Gasteiger partial charge in [0.1, 0.15) is 0 Å². The molecule has 1 aromatic carbocycles. The maximum Gasteiger partial charge on any atom is 0.0955 e. The number of aryl methyl sites for hydroxylation is 1. The first-order valence-electron chi connectivity index (χ1n) is 6.75. The Labute approximate surface area is 115 Å². The van der Waals surface area contributed by atoms with E-state index in [0.717, 1.165) is 18.5 Å². The van der Waals surface area contributed by atoms with E-state index in [2.05, 4.69) is 49.0 Å². The highest BCUT2D eigenvalue weighted by Crippen LogP contribution is 2.16. The molecule has 0 bridgehead atoms. The number of rotatable bonds is 5. The van der Waals surface area contributed by atoms with Crippen molar-refractivity contribution in [1.29, 1.82) is 0 Å². The number of hydrogen-bond acceptors (Lipinski definition) is 3. The Morgan fingerprint density at radius 1 is 1.37 bits per heavy atom. The van der Waals surface area contributed by atoms with Crippen LogP contribution in [0.4, 0.5) is 0 Å². The molecule has 19 heavy (non-hydrogen) atoms. The topological polar surface area (TPSA) is 47.1 Å². The number of hydrogen-bond donors (Lipinski definition) is 1. The van der Waals surface area contributed by atoms with Gasteiger partial charge in [-0.15, -0.1) is 0 Å². The number of nitrogens with two attached hydrogens (primary N) is 1. The fourth-order valence-corrected chi connectivity index (χ4v) is 2.09. The maximum absolute atomic E-state index is 5.80. The number of benzene rings is 1. The lowest BCUT2D eigenvalue weighted by Gasteiger charge is -2.34. The molecule has 0 radical (unpaired) electrons. The van der Waals surface area contributed by atoms with E-state index in [0.29, 0.717) is 6.54 Å². The van der Waals surface area contributed by atoms with Gasteiger partial charge in [0.05, 0.1) is 17.4 Å². The first kappa shape index (κ1) is 14.0. The molecular weight excluding hydrogens is 236 g/mol. The van der Waals surface area contributed by atoms with Crippen LogP contribution in [-0.4, -0.2) is 40.1 Å². The SMILES string of the molecule is CN(CCc1ccc2c(c1)ncn2C)C(C)(C)CN. The highest BCUT2D eigenvalue weighted by Gasteiger charge is 2.20. The summed E-state index contributed by atoms with van der Waals surface area (Å²) in [5, 5.41) is 0. The molecule has 0 amide bonds. The Balaban J connectivity index is 2.06. The van der Waals surface area contributed by atoms with E-state index in [1.165, 1.54) is 11.1 Å². The van der Waals surface area contributed by atoms with E-state index >= 15 is 0 Å². The standard InChI is InChI=1S/C15H24N4/c1-15(2,10-16)19(4)8-7-12-5-6-14-13(9-12)17-11-18(14)3/h5-6,9,11H,7-8,10,16H2,1-4H3. The van der Waals surface area contributed by atoms with Crippen molar-refractivity contribution in [3.05, 3.63) is 30.1 Å². The third-order valence-corrected chi connectivity index (χ3v) is 4.06. The van der Waals surface area contributed by atoms with Gasteiger partial charge in [-0.2, -0.15) is 0 Å². The van der Waals surface area contributed by atoms with Crippen molar-refractivity contribution in [1.82, 2.24) is 14.5 Å². The predicted octanol–water partition coefficient (Wildman–Crippen LogP) is 1.78. The molecule has 104 valence electrons. The van der Waals surface area contributed by atoms with Gasteiger partial charge in [-0.25, -0.2) is 4.98 Å². The Bertz CT molecular complexity index is 556. The van der Waals surface area contributed by atoms with Gasteiger partial charge in [-0.3, -0.25) is 4.90 Å². The molecule has 0 aliphatic heterocycles. The van der Waals surface area contributed by atoms with Crippen LogP contribution in [0.25, 0.3) is 11.0 Å². The molecule has 2 rings (SSSR count). The van der Waals surface area contributed by atoms with E-state index in [1.807, 2.05) is 17.9 Å². The molecule has 2 N–H and O–H groups in total. The predicted molar refractivity (Wildman–Crippen MR) is 80.2 cm³/mol. The molecule has 2 aromatic rings. The number of nitrogens with zero attached hydrogens (tertiary/aromatic N) is 3. The minimum atomic E-state index is 0.0507. The first-order valence-corrected chi connectivity index (χ1v) is 6.75. The lowest BCUT2D eigenvalue weighted by Crippen LogP contribution is -2.47. The van der Waals surface area contributed by atoms with Crippen molar-refractivity contribution in [2.45, 2.75) is 25.8 Å². The molecule has 0 fully saturated rings. The Hall–Kier alpha value is -1.39. The van der Waals surface area contributed by atoms with Crippen LogP contribution < -0.4 is 5.73 Å². The highest BCUT2D eigenvalue weighted by atomic mass is 15.2. The summed E-state index contributed by atoms with van der Waals surface area (Å²) >= 11 is 0. The summed E-state index contributed by atoms with van der Waals surface area (Å²) in [6.45, 7) is 6.02. The highest BCUT2D eigenvalue weighted by molar-refractivity contribution is 5.75. The van der Waals surface area contributed by atoms with Crippen LogP contribution in [0.5, 0.6) is 0 Å². The molecular formula is C15H24N4. The van der Waals surface area contributed by atoms with Crippen molar-refractivity contribution in [2.24, 2.45) is 12.8 Å². The van der Waals surface area contributed by atoms with Gasteiger partial charge in [0.2, 0.25) is 0 Å². The molecule has 0 spiro atoms. The summed E-state index contributed by atoms with van der Waals surface area (Å²) in [4.78, 5) is 6.72. The van der Waals surface area contributed by atoms with Gasteiger partial charge >= 0.3 is 0 Å². The van der Waals surface area contributed by atoms with E-state index in [9.17, 15) is 0 Å². The average Bonchev–Trinajstić information content (AvgIpc) is 2.77. The summed E-state index contributed by atoms with van der Waals surface area (Å²) in [5.41, 5.74) is 9.42. The fraction of sp³-hybridized carbons (Fsp3) is 0.533. The number of imidazole rings is 1. The summed E-state index contributed by atoms with van der Waals surface area (Å²) in [6, 6.07) is 6.51. The molecule has 0 unspecified atom stereocenters. The number of aromatic nitrogens is 2. The van der Waals surface area contributed by atoms with Crippen LogP contribution in [-0.2, 0) is 13.5 Å². The summed E-state index contributed by atoms with van der Waals surface area (Å²) in [7, 11) is 4.15. The second kappa shape index (κ2) is 5.31. The monoisotopic (exact) mass is 260 g/mol. The zero-order valence-corrected chi connectivity index (χ0v) is 12.3. The molecule has 0 aliphatic rings. The normalized spacial score (nSPS) is 12.5. The van der Waals surface area contributed by atoms with E-state index in [-0.39, 0.29) is 5.54 Å². The average molecular weight is 260 g/mol. The van der Waals surface area contributed by atoms with Crippen LogP contribution in [0.1, 0.15) is 19.4 Å². The van der Waals surface area contributed by atoms with Gasteiger partial charge in [0, 0.05) is 25.7 Å². The molecule has 0 atom stereocenters. The van der Waals surface area contributed by atoms with Crippen LogP contribution >= 0.6 is 0 Å². The third kappa shape index (κ3) is 2.96. The van der Waals surface area contributed by atoms with Gasteiger partial charge in [-0.05, 0) is 45.0 Å². The Morgan fingerprint density at radius 2 is 2.11 bits per heavy atom. The van der Waals surface area contributed by atoms with Crippen LogP contribution in [0.15, 0.2) is 24.5 Å². The van der Waals surface area contributed by atoms with Crippen molar-refractivity contribution < 1.29 is 0 Å². The first-order chi connectivity index (χ1) is 8.94. The summed E-state index contributed by atoms with van der Waals surface area (Å²) in [6.07, 6.45) is 2.88. The quantitative estimate of drug-likeness (QED) is 0.891. The van der Waals surface area contributed by atoms with Crippen molar-refractivity contribution >= 4 is 11.0 Å². The minimum Gasteiger partial charge on any atom is -0.334 e. The van der Waals surface area contributed by atoms with E-state index in [4.69, 9.17) is 5.73 Å². The van der Waals surface area contributed by atoms with Gasteiger partial charge in [0.15, 0.2) is 0 Å². The molecule has 0 saturated heterocycles. The molecule has 4 nitrogen and oxygen atoms in total. The second-order valence-electron chi connectivity index (χ2n) is 5.87. The molecule has 1 aromatic heterocycles. The number of likely N-dealkylation sites (N-methyl/N-ethyl adjacent to an activating group) is 1. The molecule has 4 heteroatoms. The van der Waals surface area contributed by atoms with Gasteiger partial charge < -0.3 is 10.3 Å². The summed E-state index contributed by atoms with van der Waals surface area (Å²) < 4.78 is 2.04. The zero-order valence-electron chi connectivity index (χ0n) is 12.3. The largest absolute Gasteiger partial charge is 0.334 e. The second-order valence-corrected chi connectivity index (χ2v) is 5.87. The van der Waals surface area contributed by atoms with Crippen molar-refractivity contribution in [3.63, 3.8) is 0 Å². The third-order valence-electron chi connectivity index (χ3n) is 4.06. The van der Waals surface area contributed by atoms with Crippen molar-refractivity contribution in [3.8, 4) is 0 Å². The Kier molecular flexibility index (Phi) is 3.92. The van der Waals surface area contributed by atoms with E-state index < -0.39 is 0 Å². The van der Waals surface area contributed by atoms with Gasteiger partial charge in [0.25, 0.3) is 0 Å². The lowest BCUT2D eigenvalue weighted by molar-refractivity contribution is 0.166. The fourth-order valence-electron chi connectivity index (χ4n) is 2.09. The molecule has 1 heterocycles. The van der Waals surface area contributed by atoms with Crippen molar-refractivity contribution in [2.75, 3.05) is 20.1 Å². The Morgan fingerprint density at radius 3 is 2.79 bits per heavy atom. The lowest BCUT2D eigenvalue weighted by atomic mass is 10.0. The molecule has 0 saturated carbocycles. The van der Waals surface area contributed by atoms with Crippen LogP contribution in [0.2, 0.25) is 0 Å². The molecule has 0 aliphatic carbocycles. The van der Waals surface area contributed by atoms with Gasteiger partial charge in [-0.1, -0.05) is 6.07 Å². The zero-order chi connectivity index (χ0) is 14.0. The summed E-state index contributed by atoms with van der Waals surface area (Å²) in [5.74, 6) is 0. The number of fused-ring (bicyclic) bond motifs is 1. The van der Waals surface area contributed by atoms with Crippen LogP contribution in [0.3, 0.4) is 0 Å². The minimum absolute atomic E-state index is 0.0507. The van der Waals surface area contributed by atoms with Crippen LogP contribution in [0, 0.1) is 0 Å². The maximum atomic E-state index is 5.80.